The fourth-order valence-corrected chi connectivity index (χ4v) is 1.90. The average molecular weight is 265 g/mol. The number of benzene rings is 1. The number of rotatable bonds is 8. The van der Waals surface area contributed by atoms with E-state index in [-0.39, 0.29) is 5.78 Å². The Balaban J connectivity index is 2.56. The van der Waals surface area contributed by atoms with Crippen LogP contribution in [0.3, 0.4) is 0 Å². The number of hydrogen-bond acceptors (Lipinski definition) is 4. The van der Waals surface area contributed by atoms with Crippen LogP contribution in [0, 0.1) is 6.92 Å². The molecule has 1 rings (SSSR count). The second-order valence-electron chi connectivity index (χ2n) is 4.59. The Hall–Kier alpha value is -1.55. The third kappa shape index (κ3) is 4.91. The molecule has 1 aromatic carbocycles. The SMILES string of the molecule is COc1cc(C)c(CCNCCC(C)=O)cc1OC. The normalized spacial score (nSPS) is 10.3. The number of carbonyl (C=O) groups is 1. The highest BCUT2D eigenvalue weighted by Crippen LogP contribution is 2.30. The van der Waals surface area contributed by atoms with Gasteiger partial charge < -0.3 is 14.8 Å². The van der Waals surface area contributed by atoms with Crippen LogP contribution in [0.25, 0.3) is 0 Å². The van der Waals surface area contributed by atoms with E-state index in [0.29, 0.717) is 6.42 Å². The van der Waals surface area contributed by atoms with Crippen molar-refractivity contribution in [3.63, 3.8) is 0 Å². The number of aryl methyl sites for hydroxylation is 1. The third-order valence-corrected chi connectivity index (χ3v) is 3.07. The van der Waals surface area contributed by atoms with E-state index in [1.165, 1.54) is 11.1 Å². The van der Waals surface area contributed by atoms with Crippen LogP contribution >= 0.6 is 0 Å². The summed E-state index contributed by atoms with van der Waals surface area (Å²) in [6.07, 6.45) is 1.50. The molecule has 0 saturated heterocycles. The number of Topliss-reactive ketones (excluding diaryl/α,β-unsaturated/α-hetero) is 1. The molecule has 1 N–H and O–H groups in total. The largest absolute Gasteiger partial charge is 0.493 e. The lowest BCUT2D eigenvalue weighted by Crippen LogP contribution is -2.20. The molecule has 0 aromatic heterocycles. The van der Waals surface area contributed by atoms with Gasteiger partial charge in [-0.1, -0.05) is 0 Å². The van der Waals surface area contributed by atoms with Crippen LogP contribution in [0.1, 0.15) is 24.5 Å². The zero-order valence-corrected chi connectivity index (χ0v) is 12.2. The first-order valence-electron chi connectivity index (χ1n) is 6.50. The van der Waals surface area contributed by atoms with Crippen molar-refractivity contribution >= 4 is 5.78 Å². The van der Waals surface area contributed by atoms with Gasteiger partial charge in [-0.3, -0.25) is 4.79 Å². The van der Waals surface area contributed by atoms with Crippen molar-refractivity contribution in [3.8, 4) is 11.5 Å². The molecule has 0 aliphatic carbocycles. The van der Waals surface area contributed by atoms with Crippen molar-refractivity contribution in [2.24, 2.45) is 0 Å². The Labute approximate surface area is 115 Å². The Bertz CT molecular complexity index is 430. The molecule has 0 unspecified atom stereocenters. The van der Waals surface area contributed by atoms with Gasteiger partial charge in [0.25, 0.3) is 0 Å². The van der Waals surface area contributed by atoms with E-state index < -0.39 is 0 Å². The number of methoxy groups -OCH3 is 2. The molecule has 0 fully saturated rings. The topological polar surface area (TPSA) is 47.6 Å². The molecule has 0 saturated carbocycles. The predicted molar refractivity (Wildman–Crippen MR) is 76.2 cm³/mol. The maximum atomic E-state index is 10.8. The van der Waals surface area contributed by atoms with Gasteiger partial charge in [0, 0.05) is 13.0 Å². The lowest BCUT2D eigenvalue weighted by Gasteiger charge is -2.13. The molecule has 106 valence electrons. The summed E-state index contributed by atoms with van der Waals surface area (Å²) in [5.41, 5.74) is 2.42. The number of ether oxygens (including phenoxy) is 2. The van der Waals surface area contributed by atoms with Crippen molar-refractivity contribution in [2.75, 3.05) is 27.3 Å². The van der Waals surface area contributed by atoms with Crippen LogP contribution in [-0.2, 0) is 11.2 Å². The van der Waals surface area contributed by atoms with Crippen molar-refractivity contribution in [1.82, 2.24) is 5.32 Å². The van der Waals surface area contributed by atoms with Gasteiger partial charge in [-0.15, -0.1) is 0 Å². The minimum Gasteiger partial charge on any atom is -0.493 e. The number of ketones is 1. The molecule has 0 radical (unpaired) electrons. The van der Waals surface area contributed by atoms with Gasteiger partial charge in [0.1, 0.15) is 5.78 Å². The summed E-state index contributed by atoms with van der Waals surface area (Å²) in [4.78, 5) is 10.8. The van der Waals surface area contributed by atoms with E-state index in [9.17, 15) is 4.79 Å². The summed E-state index contributed by atoms with van der Waals surface area (Å²) in [7, 11) is 3.28. The first-order valence-corrected chi connectivity index (χ1v) is 6.50. The maximum Gasteiger partial charge on any atom is 0.161 e. The molecule has 0 heterocycles. The van der Waals surface area contributed by atoms with Gasteiger partial charge in [-0.25, -0.2) is 0 Å². The first kappa shape index (κ1) is 15.5. The highest BCUT2D eigenvalue weighted by molar-refractivity contribution is 5.75. The summed E-state index contributed by atoms with van der Waals surface area (Å²) < 4.78 is 10.6. The smallest absolute Gasteiger partial charge is 0.161 e. The Morgan fingerprint density at radius 1 is 1.16 bits per heavy atom. The van der Waals surface area contributed by atoms with E-state index in [1.807, 2.05) is 12.1 Å². The molecule has 1 aromatic rings. The minimum atomic E-state index is 0.217. The second kappa shape index (κ2) is 7.79. The first-order chi connectivity index (χ1) is 9.08. The molecule has 0 spiro atoms. The molecule has 0 bridgehead atoms. The second-order valence-corrected chi connectivity index (χ2v) is 4.59. The molecular formula is C15H23NO3. The lowest BCUT2D eigenvalue weighted by atomic mass is 10.0. The average Bonchev–Trinajstić information content (AvgIpc) is 2.39. The summed E-state index contributed by atoms with van der Waals surface area (Å²) in [6, 6.07) is 4.00. The van der Waals surface area contributed by atoms with Crippen LogP contribution in [-0.4, -0.2) is 33.1 Å². The van der Waals surface area contributed by atoms with Gasteiger partial charge in [0.2, 0.25) is 0 Å². The molecule has 4 heteroatoms. The van der Waals surface area contributed by atoms with Crippen molar-refractivity contribution in [1.29, 1.82) is 0 Å². The van der Waals surface area contributed by atoms with E-state index in [0.717, 1.165) is 31.0 Å². The Morgan fingerprint density at radius 2 is 1.79 bits per heavy atom. The third-order valence-electron chi connectivity index (χ3n) is 3.07. The zero-order valence-electron chi connectivity index (χ0n) is 12.2. The molecule has 4 nitrogen and oxygen atoms in total. The monoisotopic (exact) mass is 265 g/mol. The number of nitrogens with one attached hydrogen (secondary N) is 1. The van der Waals surface area contributed by atoms with Crippen LogP contribution in [0.15, 0.2) is 12.1 Å². The fourth-order valence-electron chi connectivity index (χ4n) is 1.90. The standard InChI is InChI=1S/C15H23NO3/c1-11-9-14(18-3)15(19-4)10-13(11)6-8-16-7-5-12(2)17/h9-10,16H,5-8H2,1-4H3. The molecule has 0 amide bonds. The van der Waals surface area contributed by atoms with Gasteiger partial charge >= 0.3 is 0 Å². The van der Waals surface area contributed by atoms with E-state index in [1.54, 1.807) is 21.1 Å². The van der Waals surface area contributed by atoms with Crippen LogP contribution in [0.5, 0.6) is 11.5 Å². The number of hydrogen-bond donors (Lipinski definition) is 1. The van der Waals surface area contributed by atoms with Crippen molar-refractivity contribution in [2.45, 2.75) is 26.7 Å². The van der Waals surface area contributed by atoms with Gasteiger partial charge in [-0.2, -0.15) is 0 Å². The van der Waals surface area contributed by atoms with Crippen molar-refractivity contribution in [3.05, 3.63) is 23.3 Å². The molecule has 19 heavy (non-hydrogen) atoms. The lowest BCUT2D eigenvalue weighted by molar-refractivity contribution is -0.116. The van der Waals surface area contributed by atoms with Gasteiger partial charge in [0.05, 0.1) is 14.2 Å². The summed E-state index contributed by atoms with van der Waals surface area (Å²) in [6.45, 7) is 5.26. The summed E-state index contributed by atoms with van der Waals surface area (Å²) >= 11 is 0. The maximum absolute atomic E-state index is 10.8. The highest BCUT2D eigenvalue weighted by Gasteiger charge is 2.08. The zero-order chi connectivity index (χ0) is 14.3. The molecular weight excluding hydrogens is 242 g/mol. The van der Waals surface area contributed by atoms with Gasteiger partial charge in [-0.05, 0) is 50.1 Å². The Morgan fingerprint density at radius 3 is 2.37 bits per heavy atom. The van der Waals surface area contributed by atoms with E-state index in [4.69, 9.17) is 9.47 Å². The van der Waals surface area contributed by atoms with Gasteiger partial charge in [0.15, 0.2) is 11.5 Å². The molecule has 0 aliphatic rings. The van der Waals surface area contributed by atoms with Crippen LogP contribution in [0.4, 0.5) is 0 Å². The fraction of sp³-hybridized carbons (Fsp3) is 0.533. The Kier molecular flexibility index (Phi) is 6.36. The summed E-state index contributed by atoms with van der Waals surface area (Å²) in [5, 5.41) is 3.27. The predicted octanol–water partition coefficient (Wildman–Crippen LogP) is 2.12. The molecule has 0 aliphatic heterocycles. The van der Waals surface area contributed by atoms with E-state index >= 15 is 0 Å². The van der Waals surface area contributed by atoms with Crippen molar-refractivity contribution < 1.29 is 14.3 Å². The summed E-state index contributed by atoms with van der Waals surface area (Å²) in [5.74, 6) is 1.73. The highest BCUT2D eigenvalue weighted by atomic mass is 16.5. The number of carbonyl (C=O) groups excluding carboxylic acids is 1. The minimum absolute atomic E-state index is 0.217. The molecule has 0 atom stereocenters. The van der Waals surface area contributed by atoms with E-state index in [2.05, 4.69) is 12.2 Å². The van der Waals surface area contributed by atoms with Crippen LogP contribution < -0.4 is 14.8 Å². The van der Waals surface area contributed by atoms with Crippen LogP contribution in [0.2, 0.25) is 0 Å². The quantitative estimate of drug-likeness (QED) is 0.731.